The first-order chi connectivity index (χ1) is 7.43. The Hall–Kier alpha value is -1.65. The van der Waals surface area contributed by atoms with Crippen LogP contribution in [0.3, 0.4) is 0 Å². The molecule has 5 heteroatoms. The van der Waals surface area contributed by atoms with Crippen molar-refractivity contribution in [3.8, 4) is 0 Å². The molecule has 0 fully saturated rings. The van der Waals surface area contributed by atoms with Crippen LogP contribution in [0.2, 0.25) is 0 Å². The number of hydrogen-bond acceptors (Lipinski definition) is 4. The molecule has 0 amide bonds. The van der Waals surface area contributed by atoms with E-state index in [1.807, 2.05) is 27.7 Å². The molecule has 86 valence electrons. The highest BCUT2D eigenvalue weighted by Crippen LogP contribution is 2.26. The van der Waals surface area contributed by atoms with Crippen LogP contribution in [0.1, 0.15) is 39.3 Å². The third-order valence-corrected chi connectivity index (χ3v) is 2.42. The van der Waals surface area contributed by atoms with Crippen molar-refractivity contribution in [2.75, 3.05) is 0 Å². The Kier molecular flexibility index (Phi) is 2.33. The molecule has 2 rings (SSSR count). The van der Waals surface area contributed by atoms with Gasteiger partial charge in [-0.25, -0.2) is 4.98 Å². The van der Waals surface area contributed by atoms with Gasteiger partial charge < -0.3 is 9.51 Å². The van der Waals surface area contributed by atoms with Crippen molar-refractivity contribution in [3.63, 3.8) is 0 Å². The van der Waals surface area contributed by atoms with Crippen LogP contribution in [-0.2, 0) is 11.8 Å². The van der Waals surface area contributed by atoms with Gasteiger partial charge >= 0.3 is 0 Å². The molecule has 2 aromatic rings. The highest BCUT2D eigenvalue weighted by Gasteiger charge is 2.25. The summed E-state index contributed by atoms with van der Waals surface area (Å²) in [6.45, 7) is 7.84. The predicted molar refractivity (Wildman–Crippen MR) is 60.5 cm³/mol. The van der Waals surface area contributed by atoms with Crippen LogP contribution in [0.4, 0.5) is 0 Å². The van der Waals surface area contributed by atoms with E-state index in [0.717, 1.165) is 0 Å². The highest BCUT2D eigenvalue weighted by molar-refractivity contribution is 5.76. The van der Waals surface area contributed by atoms with E-state index in [9.17, 15) is 4.79 Å². The Morgan fingerprint density at radius 3 is 2.62 bits per heavy atom. The SMILES string of the molecule is CCc1nc2noc(C(C)(C)C)c2c(=O)[nH]1. The Labute approximate surface area is 92.9 Å². The smallest absolute Gasteiger partial charge is 0.264 e. The molecule has 0 aromatic carbocycles. The summed E-state index contributed by atoms with van der Waals surface area (Å²) in [5.41, 5.74) is -0.0319. The normalized spacial score (nSPS) is 12.2. The van der Waals surface area contributed by atoms with E-state index in [1.54, 1.807) is 0 Å². The van der Waals surface area contributed by atoms with Crippen LogP contribution < -0.4 is 5.56 Å². The monoisotopic (exact) mass is 221 g/mol. The first kappa shape index (κ1) is 10.9. The maximum Gasteiger partial charge on any atom is 0.264 e. The van der Waals surface area contributed by atoms with Gasteiger partial charge in [0.05, 0.1) is 0 Å². The summed E-state index contributed by atoms with van der Waals surface area (Å²) in [4.78, 5) is 18.9. The van der Waals surface area contributed by atoms with Gasteiger partial charge in [-0.1, -0.05) is 32.9 Å². The zero-order valence-electron chi connectivity index (χ0n) is 9.92. The van der Waals surface area contributed by atoms with E-state index in [1.165, 1.54) is 0 Å². The molecule has 0 saturated carbocycles. The van der Waals surface area contributed by atoms with E-state index >= 15 is 0 Å². The molecule has 0 aliphatic rings. The molecule has 0 saturated heterocycles. The standard InChI is InChI=1S/C11H15N3O2/c1-5-6-12-9-7(10(15)13-6)8(16-14-9)11(2,3)4/h5H2,1-4H3,(H,12,13,14,15). The number of hydrogen-bond donors (Lipinski definition) is 1. The van der Waals surface area contributed by atoms with Gasteiger partial charge in [0.15, 0.2) is 5.76 Å². The fraction of sp³-hybridized carbons (Fsp3) is 0.545. The highest BCUT2D eigenvalue weighted by atomic mass is 16.5. The number of aromatic amines is 1. The summed E-state index contributed by atoms with van der Waals surface area (Å²) in [6, 6.07) is 0. The fourth-order valence-electron chi connectivity index (χ4n) is 1.59. The van der Waals surface area contributed by atoms with Gasteiger partial charge in [-0.05, 0) is 0 Å². The van der Waals surface area contributed by atoms with E-state index < -0.39 is 0 Å². The number of H-pyrrole nitrogens is 1. The molecule has 1 N–H and O–H groups in total. The lowest BCUT2D eigenvalue weighted by atomic mass is 9.92. The van der Waals surface area contributed by atoms with Crippen LogP contribution in [0, 0.1) is 0 Å². The molecule has 0 aliphatic heterocycles. The van der Waals surface area contributed by atoms with Gasteiger partial charge in [-0.15, -0.1) is 0 Å². The molecule has 0 unspecified atom stereocenters. The lowest BCUT2D eigenvalue weighted by Crippen LogP contribution is -2.17. The summed E-state index contributed by atoms with van der Waals surface area (Å²) in [6.07, 6.45) is 0.670. The number of aryl methyl sites for hydroxylation is 1. The molecule has 0 radical (unpaired) electrons. The first-order valence-electron chi connectivity index (χ1n) is 5.32. The molecule has 0 spiro atoms. The summed E-state index contributed by atoms with van der Waals surface area (Å²) >= 11 is 0. The van der Waals surface area contributed by atoms with Crippen molar-refractivity contribution in [3.05, 3.63) is 21.9 Å². The van der Waals surface area contributed by atoms with Crippen molar-refractivity contribution in [2.24, 2.45) is 0 Å². The van der Waals surface area contributed by atoms with Crippen LogP contribution in [0.15, 0.2) is 9.32 Å². The Morgan fingerprint density at radius 1 is 1.38 bits per heavy atom. The van der Waals surface area contributed by atoms with Crippen molar-refractivity contribution in [1.82, 2.24) is 15.1 Å². The summed E-state index contributed by atoms with van der Waals surface area (Å²) in [5, 5.41) is 4.31. The van der Waals surface area contributed by atoms with Crippen molar-refractivity contribution < 1.29 is 4.52 Å². The van der Waals surface area contributed by atoms with Gasteiger partial charge in [0.1, 0.15) is 11.2 Å². The fourth-order valence-corrected chi connectivity index (χ4v) is 1.59. The van der Waals surface area contributed by atoms with Gasteiger partial charge in [-0.3, -0.25) is 4.79 Å². The third kappa shape index (κ3) is 1.62. The van der Waals surface area contributed by atoms with Crippen LogP contribution in [0.5, 0.6) is 0 Å². The number of rotatable bonds is 1. The summed E-state index contributed by atoms with van der Waals surface area (Å²) < 4.78 is 5.23. The maximum atomic E-state index is 11.9. The Balaban J connectivity index is 2.79. The molecule has 2 heterocycles. The van der Waals surface area contributed by atoms with E-state index in [2.05, 4.69) is 15.1 Å². The van der Waals surface area contributed by atoms with Gasteiger partial charge in [0.25, 0.3) is 5.56 Å². The molecule has 0 aliphatic carbocycles. The molecule has 5 nitrogen and oxygen atoms in total. The van der Waals surface area contributed by atoms with E-state index in [4.69, 9.17) is 4.52 Å². The predicted octanol–water partition coefficient (Wildman–Crippen LogP) is 1.77. The second-order valence-electron chi connectivity index (χ2n) is 4.83. The average molecular weight is 221 g/mol. The molecule has 0 atom stereocenters. The van der Waals surface area contributed by atoms with Crippen molar-refractivity contribution in [2.45, 2.75) is 39.5 Å². The number of aromatic nitrogens is 3. The molecule has 16 heavy (non-hydrogen) atoms. The second kappa shape index (κ2) is 3.43. The topological polar surface area (TPSA) is 71.8 Å². The van der Waals surface area contributed by atoms with Crippen molar-refractivity contribution >= 4 is 11.0 Å². The number of nitrogens with one attached hydrogen (secondary N) is 1. The van der Waals surface area contributed by atoms with Crippen molar-refractivity contribution in [1.29, 1.82) is 0 Å². The second-order valence-corrected chi connectivity index (χ2v) is 4.83. The van der Waals surface area contributed by atoms with E-state index in [-0.39, 0.29) is 11.0 Å². The maximum absolute atomic E-state index is 11.9. The Morgan fingerprint density at radius 2 is 2.06 bits per heavy atom. The summed E-state index contributed by atoms with van der Waals surface area (Å²) in [7, 11) is 0. The van der Waals surface area contributed by atoms with Gasteiger partial charge in [-0.2, -0.15) is 0 Å². The largest absolute Gasteiger partial charge is 0.358 e. The zero-order chi connectivity index (χ0) is 11.9. The molecule has 2 aromatic heterocycles. The third-order valence-electron chi connectivity index (χ3n) is 2.42. The Bertz CT molecular complexity index is 575. The van der Waals surface area contributed by atoms with Gasteiger partial charge in [0.2, 0.25) is 5.65 Å². The van der Waals surface area contributed by atoms with E-state index in [0.29, 0.717) is 29.0 Å². The minimum atomic E-state index is -0.253. The average Bonchev–Trinajstić information content (AvgIpc) is 2.60. The number of nitrogens with zero attached hydrogens (tertiary/aromatic N) is 2. The lowest BCUT2D eigenvalue weighted by molar-refractivity contribution is 0.335. The van der Waals surface area contributed by atoms with Gasteiger partial charge in [0, 0.05) is 11.8 Å². The minimum Gasteiger partial charge on any atom is -0.358 e. The molecular formula is C11H15N3O2. The quantitative estimate of drug-likeness (QED) is 0.796. The van der Waals surface area contributed by atoms with Crippen LogP contribution in [-0.4, -0.2) is 15.1 Å². The lowest BCUT2D eigenvalue weighted by Gasteiger charge is -2.13. The minimum absolute atomic E-state index is 0.173. The van der Waals surface area contributed by atoms with Crippen LogP contribution in [0.25, 0.3) is 11.0 Å². The molecule has 0 bridgehead atoms. The molecular weight excluding hydrogens is 206 g/mol. The summed E-state index contributed by atoms with van der Waals surface area (Å²) in [5.74, 6) is 1.21. The zero-order valence-corrected chi connectivity index (χ0v) is 9.92. The number of fused-ring (bicyclic) bond motifs is 1. The van der Waals surface area contributed by atoms with Crippen LogP contribution >= 0.6 is 0 Å². The first-order valence-corrected chi connectivity index (χ1v) is 5.32.